The third kappa shape index (κ3) is 3.85. The first-order chi connectivity index (χ1) is 12.6. The first-order valence-corrected chi connectivity index (χ1v) is 8.88. The molecule has 7 nitrogen and oxygen atoms in total. The monoisotopic (exact) mass is 371 g/mol. The summed E-state index contributed by atoms with van der Waals surface area (Å²) in [5, 5.41) is 7.33. The van der Waals surface area contributed by atoms with Crippen LogP contribution in [0.4, 0.5) is 5.69 Å². The molecule has 0 aliphatic carbocycles. The minimum absolute atomic E-state index is 0.0489. The Hall–Kier alpha value is -2.87. The predicted octanol–water partition coefficient (Wildman–Crippen LogP) is 3.13. The highest BCUT2D eigenvalue weighted by atomic mass is 32.1. The topological polar surface area (TPSA) is 66.0 Å². The second-order valence-electron chi connectivity index (χ2n) is 5.59. The molecule has 0 radical (unpaired) electrons. The van der Waals surface area contributed by atoms with Crippen LogP contribution in [-0.2, 0) is 17.8 Å². The van der Waals surface area contributed by atoms with Crippen molar-refractivity contribution in [3.8, 4) is 5.75 Å². The van der Waals surface area contributed by atoms with E-state index < -0.39 is 0 Å². The fourth-order valence-electron chi connectivity index (χ4n) is 2.60. The average Bonchev–Trinajstić information content (AvgIpc) is 3.25. The van der Waals surface area contributed by atoms with E-state index >= 15 is 0 Å². The molecule has 2 heterocycles. The van der Waals surface area contributed by atoms with Gasteiger partial charge in [0.15, 0.2) is 5.82 Å². The molecule has 0 bridgehead atoms. The quantitative estimate of drug-likeness (QED) is 0.648. The van der Waals surface area contributed by atoms with E-state index in [9.17, 15) is 4.79 Å². The van der Waals surface area contributed by atoms with E-state index in [4.69, 9.17) is 17.0 Å². The number of carbonyl (C=O) groups is 1. The van der Waals surface area contributed by atoms with Gasteiger partial charge in [-0.05, 0) is 55.5 Å². The van der Waals surface area contributed by atoms with Gasteiger partial charge in [-0.2, -0.15) is 5.10 Å². The second kappa shape index (κ2) is 8.01. The summed E-state index contributed by atoms with van der Waals surface area (Å²) in [4.78, 5) is 12.4. The lowest BCUT2D eigenvalue weighted by Gasteiger charge is -2.07. The van der Waals surface area contributed by atoms with Crippen molar-refractivity contribution in [2.24, 2.45) is 0 Å². The van der Waals surface area contributed by atoms with Gasteiger partial charge in [0.05, 0.1) is 6.61 Å². The Morgan fingerprint density at radius 2 is 1.88 bits per heavy atom. The summed E-state index contributed by atoms with van der Waals surface area (Å²) in [6.07, 6.45) is 4.48. The number of anilines is 1. The maximum atomic E-state index is 12.4. The lowest BCUT2D eigenvalue weighted by molar-refractivity contribution is -0.116. The summed E-state index contributed by atoms with van der Waals surface area (Å²) >= 11 is 5.50. The molecule has 0 fully saturated rings. The maximum Gasteiger partial charge on any atom is 0.246 e. The molecule has 3 rings (SSSR count). The Morgan fingerprint density at radius 1 is 1.19 bits per heavy atom. The van der Waals surface area contributed by atoms with Gasteiger partial charge in [-0.25, -0.2) is 9.36 Å². The van der Waals surface area contributed by atoms with Crippen molar-refractivity contribution in [1.29, 1.82) is 0 Å². The Kier molecular flexibility index (Phi) is 5.52. The molecule has 2 aromatic heterocycles. The van der Waals surface area contributed by atoms with E-state index in [0.717, 1.165) is 11.6 Å². The lowest BCUT2D eigenvalue weighted by Crippen LogP contribution is -2.20. The van der Waals surface area contributed by atoms with Crippen LogP contribution in [0.2, 0.25) is 0 Å². The van der Waals surface area contributed by atoms with Gasteiger partial charge >= 0.3 is 0 Å². The third-order valence-electron chi connectivity index (χ3n) is 3.76. The van der Waals surface area contributed by atoms with Gasteiger partial charge in [-0.1, -0.05) is 6.92 Å². The normalized spacial score (nSPS) is 10.7. The highest BCUT2D eigenvalue weighted by Crippen LogP contribution is 2.15. The number of aryl methyl sites for hydroxylation is 1. The van der Waals surface area contributed by atoms with Crippen LogP contribution in [0.5, 0.6) is 5.75 Å². The number of rotatable bonds is 7. The molecule has 0 aliphatic heterocycles. The highest BCUT2D eigenvalue weighted by molar-refractivity contribution is 7.71. The summed E-state index contributed by atoms with van der Waals surface area (Å²) in [6, 6.07) is 11.1. The van der Waals surface area contributed by atoms with Crippen LogP contribution in [0, 0.1) is 4.77 Å². The summed E-state index contributed by atoms with van der Waals surface area (Å²) in [6.45, 7) is 4.58. The molecule has 8 heteroatoms. The van der Waals surface area contributed by atoms with E-state index in [2.05, 4.69) is 10.4 Å². The standard InChI is InChI=1S/C18H21N5O2S/c1-3-16-20-22(18(26)23(16)21-11-5-6-12-21)13-17(24)19-14-7-9-15(10-8-14)25-4-2/h5-12H,3-4,13H2,1-2H3,(H,19,24). The number of nitrogens with zero attached hydrogens (tertiary/aromatic N) is 4. The fraction of sp³-hybridized carbons (Fsp3) is 0.278. The third-order valence-corrected chi connectivity index (χ3v) is 4.14. The number of carbonyl (C=O) groups excluding carboxylic acids is 1. The van der Waals surface area contributed by atoms with Crippen LogP contribution in [0.3, 0.4) is 0 Å². The maximum absolute atomic E-state index is 12.4. The molecule has 0 saturated heterocycles. The summed E-state index contributed by atoms with van der Waals surface area (Å²) < 4.78 is 11.1. The van der Waals surface area contributed by atoms with Gasteiger partial charge in [0.25, 0.3) is 0 Å². The summed E-state index contributed by atoms with van der Waals surface area (Å²) in [7, 11) is 0. The van der Waals surface area contributed by atoms with Crippen molar-refractivity contribution in [2.45, 2.75) is 26.8 Å². The van der Waals surface area contributed by atoms with Crippen LogP contribution in [0.25, 0.3) is 0 Å². The molecule has 0 atom stereocenters. The van der Waals surface area contributed by atoms with E-state index in [-0.39, 0.29) is 12.5 Å². The van der Waals surface area contributed by atoms with Gasteiger partial charge in [0, 0.05) is 24.5 Å². The van der Waals surface area contributed by atoms with Crippen LogP contribution < -0.4 is 10.1 Å². The minimum atomic E-state index is -0.190. The first kappa shape index (κ1) is 17.9. The highest BCUT2D eigenvalue weighted by Gasteiger charge is 2.13. The summed E-state index contributed by atoms with van der Waals surface area (Å²) in [5.74, 6) is 1.37. The molecule has 1 aromatic carbocycles. The van der Waals surface area contributed by atoms with Crippen molar-refractivity contribution in [1.82, 2.24) is 19.1 Å². The molecule has 1 N–H and O–H groups in total. The van der Waals surface area contributed by atoms with Gasteiger partial charge < -0.3 is 10.1 Å². The Bertz CT molecular complexity index is 926. The molecule has 136 valence electrons. The molecule has 3 aromatic rings. The number of benzene rings is 1. The number of hydrogen-bond donors (Lipinski definition) is 1. The van der Waals surface area contributed by atoms with E-state index in [0.29, 0.717) is 23.5 Å². The van der Waals surface area contributed by atoms with Crippen molar-refractivity contribution in [2.75, 3.05) is 11.9 Å². The molecule has 0 aliphatic rings. The molecule has 0 saturated carbocycles. The molecule has 1 amide bonds. The number of nitrogens with one attached hydrogen (secondary N) is 1. The van der Waals surface area contributed by atoms with Gasteiger partial charge in [0.2, 0.25) is 10.7 Å². The Morgan fingerprint density at radius 3 is 2.50 bits per heavy atom. The van der Waals surface area contributed by atoms with E-state index in [1.54, 1.807) is 12.1 Å². The van der Waals surface area contributed by atoms with Gasteiger partial charge in [0.1, 0.15) is 12.3 Å². The van der Waals surface area contributed by atoms with Crippen LogP contribution in [0.1, 0.15) is 19.7 Å². The zero-order valence-corrected chi connectivity index (χ0v) is 15.6. The van der Waals surface area contributed by atoms with Crippen molar-refractivity contribution < 1.29 is 9.53 Å². The zero-order valence-electron chi connectivity index (χ0n) is 14.8. The van der Waals surface area contributed by atoms with Gasteiger partial charge in [-0.15, -0.1) is 0 Å². The average molecular weight is 371 g/mol. The van der Waals surface area contributed by atoms with Crippen LogP contribution in [-0.4, -0.2) is 31.6 Å². The van der Waals surface area contributed by atoms with Crippen LogP contribution >= 0.6 is 12.2 Å². The number of amides is 1. The van der Waals surface area contributed by atoms with Gasteiger partial charge in [-0.3, -0.25) is 9.47 Å². The van der Waals surface area contributed by atoms with Crippen molar-refractivity contribution in [3.05, 3.63) is 59.4 Å². The molecule has 26 heavy (non-hydrogen) atoms. The molecule has 0 unspecified atom stereocenters. The minimum Gasteiger partial charge on any atom is -0.494 e. The zero-order chi connectivity index (χ0) is 18.5. The lowest BCUT2D eigenvalue weighted by atomic mass is 10.3. The van der Waals surface area contributed by atoms with E-state index in [1.165, 1.54) is 4.68 Å². The SMILES string of the molecule is CCOc1ccc(NC(=O)Cn2nc(CC)n(-n3cccc3)c2=S)cc1. The largest absolute Gasteiger partial charge is 0.494 e. The molecule has 0 spiro atoms. The van der Waals surface area contributed by atoms with Crippen molar-refractivity contribution in [3.63, 3.8) is 0 Å². The number of ether oxygens (including phenoxy) is 1. The number of aromatic nitrogens is 4. The Balaban J connectivity index is 1.74. The fourth-order valence-corrected chi connectivity index (χ4v) is 2.90. The molecular weight excluding hydrogens is 350 g/mol. The Labute approximate surface area is 156 Å². The first-order valence-electron chi connectivity index (χ1n) is 8.47. The predicted molar refractivity (Wildman–Crippen MR) is 102 cm³/mol. The van der Waals surface area contributed by atoms with E-state index in [1.807, 2.05) is 59.9 Å². The van der Waals surface area contributed by atoms with Crippen LogP contribution in [0.15, 0.2) is 48.8 Å². The summed E-state index contributed by atoms with van der Waals surface area (Å²) in [5.41, 5.74) is 0.700. The number of hydrogen-bond acceptors (Lipinski definition) is 4. The van der Waals surface area contributed by atoms with Crippen molar-refractivity contribution >= 4 is 23.8 Å². The smallest absolute Gasteiger partial charge is 0.246 e. The molecular formula is C18H21N5O2S. The second-order valence-corrected chi connectivity index (χ2v) is 5.96.